The van der Waals surface area contributed by atoms with Gasteiger partial charge in [-0.2, -0.15) is 0 Å². The summed E-state index contributed by atoms with van der Waals surface area (Å²) in [6.45, 7) is 9.38. The Labute approximate surface area is 63.4 Å². The van der Waals surface area contributed by atoms with Crippen molar-refractivity contribution in [2.75, 3.05) is 26.2 Å². The molecule has 0 spiro atoms. The Kier molecular flexibility index (Phi) is 3.76. The maximum atomic E-state index is 5.32. The summed E-state index contributed by atoms with van der Waals surface area (Å²) in [4.78, 5) is 0. The molecule has 1 heterocycles. The van der Waals surface area contributed by atoms with E-state index >= 15 is 0 Å². The molecule has 0 unspecified atom stereocenters. The lowest BCUT2D eigenvalue weighted by atomic mass is 9.98. The van der Waals surface area contributed by atoms with Gasteiger partial charge in [0.2, 0.25) is 0 Å². The van der Waals surface area contributed by atoms with Crippen LogP contribution in [0.2, 0.25) is 0 Å². The van der Waals surface area contributed by atoms with E-state index < -0.39 is 0 Å². The Morgan fingerprint density at radius 3 is 2.70 bits per heavy atom. The van der Waals surface area contributed by atoms with Gasteiger partial charge in [-0.25, -0.2) is 0 Å². The molecule has 0 saturated carbocycles. The fourth-order valence-corrected chi connectivity index (χ4v) is 1.37. The van der Waals surface area contributed by atoms with Crippen molar-refractivity contribution in [1.82, 2.24) is 10.6 Å². The third-order valence-electron chi connectivity index (χ3n) is 2.04. The largest absolute Gasteiger partial charge is 0.317 e. The third kappa shape index (κ3) is 2.67. The fourth-order valence-electron chi connectivity index (χ4n) is 1.37. The van der Waals surface area contributed by atoms with Crippen molar-refractivity contribution in [2.45, 2.75) is 12.8 Å². The van der Waals surface area contributed by atoms with E-state index in [1.54, 1.807) is 0 Å². The minimum absolute atomic E-state index is 0.615. The molecule has 0 aromatic carbocycles. The van der Waals surface area contributed by atoms with Crippen LogP contribution in [0.15, 0.2) is 0 Å². The molecule has 1 rings (SSSR count). The number of hydrogen-bond acceptors (Lipinski definition) is 2. The van der Waals surface area contributed by atoms with Crippen LogP contribution in [-0.2, 0) is 0 Å². The molecular formula is C8H16N2. The van der Waals surface area contributed by atoms with Crippen molar-refractivity contribution in [2.24, 2.45) is 5.92 Å². The first-order chi connectivity index (χ1) is 4.93. The molecule has 58 valence electrons. The van der Waals surface area contributed by atoms with E-state index in [0.717, 1.165) is 12.5 Å². The van der Waals surface area contributed by atoms with E-state index in [0.29, 0.717) is 6.54 Å². The Morgan fingerprint density at radius 2 is 2.10 bits per heavy atom. The van der Waals surface area contributed by atoms with E-state index in [4.69, 9.17) is 6.92 Å². The maximum Gasteiger partial charge on any atom is -0.00139 e. The predicted octanol–water partition coefficient (Wildman–Crippen LogP) is 0.287. The van der Waals surface area contributed by atoms with Crippen LogP contribution >= 0.6 is 0 Å². The lowest BCUT2D eigenvalue weighted by molar-refractivity contribution is 0.361. The lowest BCUT2D eigenvalue weighted by Crippen LogP contribution is -2.33. The van der Waals surface area contributed by atoms with E-state index in [1.165, 1.54) is 25.9 Å². The molecule has 1 fully saturated rings. The van der Waals surface area contributed by atoms with Gasteiger partial charge >= 0.3 is 0 Å². The van der Waals surface area contributed by atoms with Crippen LogP contribution in [0.4, 0.5) is 0 Å². The average molecular weight is 140 g/mol. The molecule has 0 atom stereocenters. The number of piperidine rings is 1. The maximum absolute atomic E-state index is 5.32. The van der Waals surface area contributed by atoms with Crippen LogP contribution < -0.4 is 10.6 Å². The number of hydrogen-bond donors (Lipinski definition) is 2. The minimum Gasteiger partial charge on any atom is -0.317 e. The zero-order valence-corrected chi connectivity index (χ0v) is 6.40. The highest BCUT2D eigenvalue weighted by atomic mass is 14.9. The Balaban J connectivity index is 2.02. The first-order valence-electron chi connectivity index (χ1n) is 4.05. The van der Waals surface area contributed by atoms with Crippen molar-refractivity contribution >= 4 is 0 Å². The van der Waals surface area contributed by atoms with E-state index in [1.807, 2.05) is 0 Å². The SMILES string of the molecule is [CH]CNCC1CCNCC1. The van der Waals surface area contributed by atoms with Crippen LogP contribution in [0.1, 0.15) is 12.8 Å². The van der Waals surface area contributed by atoms with Gasteiger partial charge in [-0.15, -0.1) is 0 Å². The van der Waals surface area contributed by atoms with Crippen LogP contribution in [0.5, 0.6) is 0 Å². The second-order valence-corrected chi connectivity index (χ2v) is 2.85. The molecule has 0 amide bonds. The summed E-state index contributed by atoms with van der Waals surface area (Å²) in [6, 6.07) is 0. The van der Waals surface area contributed by atoms with Gasteiger partial charge in [-0.05, 0) is 51.9 Å². The van der Waals surface area contributed by atoms with Crippen LogP contribution in [-0.4, -0.2) is 26.2 Å². The van der Waals surface area contributed by atoms with Gasteiger partial charge in [-0.3, -0.25) is 0 Å². The van der Waals surface area contributed by atoms with Crippen molar-refractivity contribution in [3.8, 4) is 0 Å². The standard InChI is InChI=1S/C8H16N2/c1-2-9-7-8-3-5-10-6-4-8/h1,8-10H,2-7H2. The summed E-state index contributed by atoms with van der Waals surface area (Å²) in [7, 11) is 0. The predicted molar refractivity (Wildman–Crippen MR) is 42.8 cm³/mol. The lowest BCUT2D eigenvalue weighted by Gasteiger charge is -2.22. The second kappa shape index (κ2) is 4.69. The number of nitrogens with one attached hydrogen (secondary N) is 2. The highest BCUT2D eigenvalue weighted by Crippen LogP contribution is 2.09. The molecule has 1 saturated heterocycles. The molecule has 0 aromatic rings. The normalized spacial score (nSPS) is 21.3. The smallest absolute Gasteiger partial charge is 0.00139 e. The first-order valence-corrected chi connectivity index (χ1v) is 4.05. The fraction of sp³-hybridized carbons (Fsp3) is 0.875. The van der Waals surface area contributed by atoms with E-state index in [2.05, 4.69) is 10.6 Å². The van der Waals surface area contributed by atoms with Gasteiger partial charge < -0.3 is 10.6 Å². The quantitative estimate of drug-likeness (QED) is 0.588. The van der Waals surface area contributed by atoms with Crippen LogP contribution in [0.3, 0.4) is 0 Å². The minimum atomic E-state index is 0.615. The van der Waals surface area contributed by atoms with Crippen molar-refractivity contribution in [3.05, 3.63) is 6.92 Å². The van der Waals surface area contributed by atoms with Crippen molar-refractivity contribution in [3.63, 3.8) is 0 Å². The van der Waals surface area contributed by atoms with Crippen LogP contribution in [0, 0.1) is 12.8 Å². The second-order valence-electron chi connectivity index (χ2n) is 2.85. The molecule has 0 aliphatic carbocycles. The molecule has 0 aromatic heterocycles. The van der Waals surface area contributed by atoms with Gasteiger partial charge in [0.05, 0.1) is 0 Å². The summed E-state index contributed by atoms with van der Waals surface area (Å²) < 4.78 is 0. The van der Waals surface area contributed by atoms with Gasteiger partial charge in [0.1, 0.15) is 0 Å². The average Bonchev–Trinajstić information content (AvgIpc) is 2.03. The molecule has 1 aliphatic heterocycles. The summed E-state index contributed by atoms with van der Waals surface area (Å²) in [5.41, 5.74) is 0. The van der Waals surface area contributed by atoms with Gasteiger partial charge in [0.15, 0.2) is 0 Å². The topological polar surface area (TPSA) is 24.1 Å². The Bertz CT molecular complexity index is 77.3. The van der Waals surface area contributed by atoms with Crippen molar-refractivity contribution in [1.29, 1.82) is 0 Å². The molecule has 2 heteroatoms. The van der Waals surface area contributed by atoms with Gasteiger partial charge in [0, 0.05) is 0 Å². The van der Waals surface area contributed by atoms with Crippen LogP contribution in [0.25, 0.3) is 0 Å². The molecule has 1 aliphatic rings. The van der Waals surface area contributed by atoms with Gasteiger partial charge in [0.25, 0.3) is 0 Å². The first kappa shape index (κ1) is 8.02. The molecule has 0 bridgehead atoms. The van der Waals surface area contributed by atoms with E-state index in [9.17, 15) is 0 Å². The Morgan fingerprint density at radius 1 is 1.40 bits per heavy atom. The monoisotopic (exact) mass is 140 g/mol. The molecular weight excluding hydrogens is 124 g/mol. The third-order valence-corrected chi connectivity index (χ3v) is 2.04. The summed E-state index contributed by atoms with van der Waals surface area (Å²) in [5, 5.41) is 6.50. The van der Waals surface area contributed by atoms with E-state index in [-0.39, 0.29) is 0 Å². The zero-order chi connectivity index (χ0) is 7.23. The summed E-state index contributed by atoms with van der Waals surface area (Å²) >= 11 is 0. The summed E-state index contributed by atoms with van der Waals surface area (Å²) in [6.07, 6.45) is 2.60. The molecule has 2 radical (unpaired) electrons. The van der Waals surface area contributed by atoms with Gasteiger partial charge in [-0.1, -0.05) is 0 Å². The summed E-state index contributed by atoms with van der Waals surface area (Å²) in [5.74, 6) is 0.852. The Hall–Kier alpha value is -0.0800. The number of rotatable bonds is 3. The highest BCUT2D eigenvalue weighted by Gasteiger charge is 2.10. The highest BCUT2D eigenvalue weighted by molar-refractivity contribution is 4.70. The van der Waals surface area contributed by atoms with Crippen molar-refractivity contribution < 1.29 is 0 Å². The zero-order valence-electron chi connectivity index (χ0n) is 6.40. The molecule has 10 heavy (non-hydrogen) atoms. The molecule has 2 nitrogen and oxygen atoms in total. The molecule has 2 N–H and O–H groups in total.